The van der Waals surface area contributed by atoms with Crippen LogP contribution in [0.1, 0.15) is 58.2 Å². The van der Waals surface area contributed by atoms with E-state index in [2.05, 4.69) is 0 Å². The molecular weight excluding hydrogens is 512 g/mol. The molecular formula is C31H28N2O7. The van der Waals surface area contributed by atoms with Gasteiger partial charge in [-0.25, -0.2) is 14.4 Å². The van der Waals surface area contributed by atoms with E-state index in [0.717, 1.165) is 11.3 Å². The molecule has 0 N–H and O–H groups in total. The summed E-state index contributed by atoms with van der Waals surface area (Å²) in [4.78, 5) is 37.4. The number of hydrogen-bond acceptors (Lipinski definition) is 9. The maximum atomic E-state index is 13.0. The second-order valence-electron chi connectivity index (χ2n) is 9.07. The van der Waals surface area contributed by atoms with Crippen LogP contribution in [0, 0.1) is 0 Å². The molecule has 0 saturated carbocycles. The van der Waals surface area contributed by atoms with Crippen molar-refractivity contribution in [3.8, 4) is 5.75 Å². The first-order valence-electron chi connectivity index (χ1n) is 12.9. The summed E-state index contributed by atoms with van der Waals surface area (Å²) >= 11 is 0. The summed E-state index contributed by atoms with van der Waals surface area (Å²) < 4.78 is 21.1. The van der Waals surface area contributed by atoms with E-state index in [1.54, 1.807) is 86.6 Å². The predicted octanol–water partition coefficient (Wildman–Crippen LogP) is 5.51. The van der Waals surface area contributed by atoms with Crippen LogP contribution in [0.15, 0.2) is 87.1 Å². The van der Waals surface area contributed by atoms with Gasteiger partial charge in [0, 0.05) is 11.8 Å². The van der Waals surface area contributed by atoms with Crippen molar-refractivity contribution < 1.29 is 28.2 Å². The molecule has 1 aliphatic heterocycles. The molecule has 0 fully saturated rings. The Labute approximate surface area is 230 Å². The second kappa shape index (κ2) is 11.4. The molecule has 204 valence electrons. The molecule has 40 heavy (non-hydrogen) atoms. The van der Waals surface area contributed by atoms with Crippen LogP contribution in [0.4, 0.5) is 5.69 Å². The highest BCUT2D eigenvalue weighted by molar-refractivity contribution is 6.04. The molecule has 1 atom stereocenters. The van der Waals surface area contributed by atoms with E-state index in [-0.39, 0.29) is 19.3 Å². The largest absolute Gasteiger partial charge is 0.497 e. The van der Waals surface area contributed by atoms with Crippen molar-refractivity contribution in [1.29, 1.82) is 0 Å². The lowest BCUT2D eigenvalue weighted by Gasteiger charge is -2.24. The standard InChI is InChI=1S/C31H28N2O7/c1-4-38-29(34)20-8-6-19(7-9-20)27-18-26(25-17-22-16-24(37-3)14-15-28(22)40-31(25)36)32-33(27)23-12-10-21(11-13-23)30(35)39-5-2/h6-17,27H,4-5,18H2,1-3H3. The minimum Gasteiger partial charge on any atom is -0.497 e. The number of esters is 2. The minimum atomic E-state index is -0.493. The number of ether oxygens (including phenoxy) is 3. The number of benzene rings is 3. The van der Waals surface area contributed by atoms with Gasteiger partial charge in [-0.1, -0.05) is 12.1 Å². The van der Waals surface area contributed by atoms with Crippen molar-refractivity contribution in [3.63, 3.8) is 0 Å². The minimum absolute atomic E-state index is 0.282. The summed E-state index contributed by atoms with van der Waals surface area (Å²) in [7, 11) is 1.57. The molecule has 3 aromatic carbocycles. The van der Waals surface area contributed by atoms with Crippen LogP contribution < -0.4 is 15.4 Å². The molecule has 0 saturated heterocycles. The molecule has 1 aromatic heterocycles. The number of hydrazone groups is 1. The van der Waals surface area contributed by atoms with Gasteiger partial charge in [0.1, 0.15) is 11.3 Å². The van der Waals surface area contributed by atoms with E-state index >= 15 is 0 Å². The number of anilines is 1. The molecule has 2 heterocycles. The van der Waals surface area contributed by atoms with Crippen molar-refractivity contribution in [1.82, 2.24) is 0 Å². The summed E-state index contributed by atoms with van der Waals surface area (Å²) in [5, 5.41) is 7.36. The average molecular weight is 541 g/mol. The van der Waals surface area contributed by atoms with Gasteiger partial charge in [0.05, 0.1) is 54.5 Å². The number of carbonyl (C=O) groups excluding carboxylic acids is 2. The Morgan fingerprint density at radius 1 is 0.900 bits per heavy atom. The molecule has 0 amide bonds. The maximum absolute atomic E-state index is 13.0. The summed E-state index contributed by atoms with van der Waals surface area (Å²) in [5.41, 5.74) is 3.32. The maximum Gasteiger partial charge on any atom is 0.345 e. The van der Waals surface area contributed by atoms with Crippen LogP contribution in [0.5, 0.6) is 5.75 Å². The zero-order valence-corrected chi connectivity index (χ0v) is 22.4. The summed E-state index contributed by atoms with van der Waals surface area (Å²) in [6.45, 7) is 4.08. The van der Waals surface area contributed by atoms with Gasteiger partial charge in [-0.15, -0.1) is 0 Å². The van der Waals surface area contributed by atoms with Gasteiger partial charge in [0.15, 0.2) is 0 Å². The third kappa shape index (κ3) is 5.31. The van der Waals surface area contributed by atoms with Crippen LogP contribution in [0.3, 0.4) is 0 Å². The Kier molecular flexibility index (Phi) is 7.63. The van der Waals surface area contributed by atoms with Crippen molar-refractivity contribution >= 4 is 34.3 Å². The Balaban J connectivity index is 1.54. The fourth-order valence-corrected chi connectivity index (χ4v) is 4.62. The number of methoxy groups -OCH3 is 1. The van der Waals surface area contributed by atoms with E-state index in [4.69, 9.17) is 23.7 Å². The monoisotopic (exact) mass is 540 g/mol. The third-order valence-electron chi connectivity index (χ3n) is 6.61. The topological polar surface area (TPSA) is 108 Å². The lowest BCUT2D eigenvalue weighted by Crippen LogP contribution is -2.19. The number of fused-ring (bicyclic) bond motifs is 1. The molecule has 1 aliphatic rings. The van der Waals surface area contributed by atoms with Gasteiger partial charge < -0.3 is 18.6 Å². The van der Waals surface area contributed by atoms with Crippen molar-refractivity contribution in [2.45, 2.75) is 26.3 Å². The highest BCUT2D eigenvalue weighted by Crippen LogP contribution is 2.37. The van der Waals surface area contributed by atoms with Gasteiger partial charge in [0.2, 0.25) is 0 Å². The molecule has 5 rings (SSSR count). The number of hydrogen-bond donors (Lipinski definition) is 0. The van der Waals surface area contributed by atoms with E-state index in [1.807, 2.05) is 12.1 Å². The lowest BCUT2D eigenvalue weighted by atomic mass is 9.97. The molecule has 0 bridgehead atoms. The predicted molar refractivity (Wildman–Crippen MR) is 150 cm³/mol. The van der Waals surface area contributed by atoms with Gasteiger partial charge in [-0.05, 0) is 80.1 Å². The Hall–Kier alpha value is -4.92. The first kappa shape index (κ1) is 26.7. The molecule has 0 spiro atoms. The number of rotatable bonds is 8. The van der Waals surface area contributed by atoms with Crippen molar-refractivity contribution in [2.75, 3.05) is 25.3 Å². The van der Waals surface area contributed by atoms with Crippen LogP contribution in [-0.4, -0.2) is 38.0 Å². The fraction of sp³-hybridized carbons (Fsp3) is 0.226. The van der Waals surface area contributed by atoms with Crippen molar-refractivity contribution in [3.05, 3.63) is 105 Å². The lowest BCUT2D eigenvalue weighted by molar-refractivity contribution is 0.0516. The highest BCUT2D eigenvalue weighted by atomic mass is 16.5. The molecule has 4 aromatic rings. The Bertz CT molecular complexity index is 1640. The van der Waals surface area contributed by atoms with Gasteiger partial charge in [0.25, 0.3) is 0 Å². The van der Waals surface area contributed by atoms with Crippen molar-refractivity contribution in [2.24, 2.45) is 5.10 Å². The van der Waals surface area contributed by atoms with E-state index < -0.39 is 17.6 Å². The zero-order chi connectivity index (χ0) is 28.2. The van der Waals surface area contributed by atoms with E-state index in [1.165, 1.54) is 0 Å². The molecule has 9 heteroatoms. The number of nitrogens with zero attached hydrogens (tertiary/aromatic N) is 2. The normalized spacial score (nSPS) is 14.6. The molecule has 1 unspecified atom stereocenters. The SMILES string of the molecule is CCOC(=O)c1ccc(C2CC(c3cc4cc(OC)ccc4oc3=O)=NN2c2ccc(C(=O)OCC)cc2)cc1. The van der Waals surface area contributed by atoms with Gasteiger partial charge in [-0.2, -0.15) is 5.10 Å². The summed E-state index contributed by atoms with van der Waals surface area (Å²) in [5.74, 6) is -0.161. The zero-order valence-electron chi connectivity index (χ0n) is 22.4. The first-order valence-corrected chi connectivity index (χ1v) is 12.9. The average Bonchev–Trinajstić information content (AvgIpc) is 3.42. The molecule has 9 nitrogen and oxygen atoms in total. The summed E-state index contributed by atoms with van der Waals surface area (Å²) in [6.07, 6.45) is 0.401. The fourth-order valence-electron chi connectivity index (χ4n) is 4.62. The van der Waals surface area contributed by atoms with Crippen LogP contribution in [0.25, 0.3) is 11.0 Å². The smallest absolute Gasteiger partial charge is 0.345 e. The van der Waals surface area contributed by atoms with Gasteiger partial charge >= 0.3 is 17.6 Å². The Morgan fingerprint density at radius 3 is 2.12 bits per heavy atom. The second-order valence-corrected chi connectivity index (χ2v) is 9.07. The quantitative estimate of drug-likeness (QED) is 0.213. The van der Waals surface area contributed by atoms with Crippen LogP contribution in [-0.2, 0) is 9.47 Å². The van der Waals surface area contributed by atoms with Crippen LogP contribution >= 0.6 is 0 Å². The molecule has 0 aliphatic carbocycles. The first-order chi connectivity index (χ1) is 19.4. The molecule has 0 radical (unpaired) electrons. The summed E-state index contributed by atoms with van der Waals surface area (Å²) in [6, 6.07) is 20.7. The van der Waals surface area contributed by atoms with Crippen LogP contribution in [0.2, 0.25) is 0 Å². The van der Waals surface area contributed by atoms with Gasteiger partial charge in [-0.3, -0.25) is 5.01 Å². The van der Waals surface area contributed by atoms with E-state index in [9.17, 15) is 14.4 Å². The van der Waals surface area contributed by atoms with E-state index in [0.29, 0.717) is 45.5 Å². The Morgan fingerprint density at radius 2 is 1.52 bits per heavy atom. The highest BCUT2D eigenvalue weighted by Gasteiger charge is 2.32. The number of carbonyl (C=O) groups is 2. The third-order valence-corrected chi connectivity index (χ3v) is 6.61.